The van der Waals surface area contributed by atoms with Crippen LogP contribution in [0.4, 0.5) is 0 Å². The summed E-state index contributed by atoms with van der Waals surface area (Å²) in [6, 6.07) is 24.9. The maximum absolute atomic E-state index is 5.91. The molecule has 0 amide bonds. The van der Waals surface area contributed by atoms with Gasteiger partial charge in [0.2, 0.25) is 5.82 Å². The minimum Gasteiger partial charge on any atom is -0.489 e. The van der Waals surface area contributed by atoms with Gasteiger partial charge in [-0.15, -0.1) is 0 Å². The molecule has 0 saturated carbocycles. The average Bonchev–Trinajstić information content (AvgIpc) is 3.18. The number of aromatic nitrogens is 2. The zero-order chi connectivity index (χ0) is 17.8. The van der Waals surface area contributed by atoms with Crippen LogP contribution in [0.15, 0.2) is 83.4 Å². The summed E-state index contributed by atoms with van der Waals surface area (Å²) in [7, 11) is 0. The summed E-state index contributed by atoms with van der Waals surface area (Å²) in [4.78, 5) is 4.46. The monoisotopic (exact) mass is 362 g/mol. The smallest absolute Gasteiger partial charge is 0.258 e. The molecule has 0 unspecified atom stereocenters. The SMILES string of the molecule is Clc1ccc(-c2noc(-c3cccc(OCc4ccccc4)c3)n2)cc1. The average molecular weight is 363 g/mol. The molecule has 0 aliphatic carbocycles. The first-order valence-electron chi connectivity index (χ1n) is 8.15. The van der Waals surface area contributed by atoms with E-state index in [1.54, 1.807) is 12.1 Å². The quantitative estimate of drug-likeness (QED) is 0.461. The normalized spacial score (nSPS) is 10.7. The van der Waals surface area contributed by atoms with Crippen LogP contribution in [-0.2, 0) is 6.61 Å². The molecule has 0 spiro atoms. The number of nitrogens with zero attached hydrogens (tertiary/aromatic N) is 2. The summed E-state index contributed by atoms with van der Waals surface area (Å²) in [5, 5.41) is 4.71. The van der Waals surface area contributed by atoms with E-state index in [1.807, 2.05) is 66.7 Å². The van der Waals surface area contributed by atoms with Gasteiger partial charge in [0.05, 0.1) is 0 Å². The van der Waals surface area contributed by atoms with Crippen LogP contribution in [0.3, 0.4) is 0 Å². The molecule has 0 radical (unpaired) electrons. The van der Waals surface area contributed by atoms with Gasteiger partial charge in [-0.25, -0.2) is 0 Å². The Bertz CT molecular complexity index is 998. The van der Waals surface area contributed by atoms with Gasteiger partial charge in [0.15, 0.2) is 0 Å². The van der Waals surface area contributed by atoms with Gasteiger partial charge >= 0.3 is 0 Å². The van der Waals surface area contributed by atoms with Crippen molar-refractivity contribution in [3.05, 3.63) is 89.4 Å². The first kappa shape index (κ1) is 16.4. The molecule has 5 heteroatoms. The highest BCUT2D eigenvalue weighted by molar-refractivity contribution is 6.30. The summed E-state index contributed by atoms with van der Waals surface area (Å²) in [5.41, 5.74) is 2.77. The molecule has 4 aromatic rings. The van der Waals surface area contributed by atoms with Gasteiger partial charge < -0.3 is 9.26 Å². The summed E-state index contributed by atoms with van der Waals surface area (Å²) in [5.74, 6) is 1.71. The molecule has 0 saturated heterocycles. The van der Waals surface area contributed by atoms with Crippen LogP contribution in [0.1, 0.15) is 5.56 Å². The summed E-state index contributed by atoms with van der Waals surface area (Å²) < 4.78 is 11.3. The number of hydrogen-bond acceptors (Lipinski definition) is 4. The molecule has 0 aliphatic rings. The van der Waals surface area contributed by atoms with Crippen LogP contribution in [0.2, 0.25) is 5.02 Å². The van der Waals surface area contributed by atoms with Gasteiger partial charge in [0.25, 0.3) is 5.89 Å². The minimum absolute atomic E-state index is 0.445. The van der Waals surface area contributed by atoms with E-state index in [1.165, 1.54) is 0 Å². The highest BCUT2D eigenvalue weighted by Gasteiger charge is 2.11. The Hall–Kier alpha value is -3.11. The maximum Gasteiger partial charge on any atom is 0.258 e. The van der Waals surface area contributed by atoms with E-state index in [0.29, 0.717) is 23.3 Å². The van der Waals surface area contributed by atoms with Crippen molar-refractivity contribution in [3.8, 4) is 28.6 Å². The van der Waals surface area contributed by atoms with Crippen LogP contribution in [0, 0.1) is 0 Å². The number of ether oxygens (including phenoxy) is 1. The summed E-state index contributed by atoms with van der Waals surface area (Å²) in [6.07, 6.45) is 0. The second-order valence-electron chi connectivity index (χ2n) is 5.73. The zero-order valence-electron chi connectivity index (χ0n) is 13.8. The van der Waals surface area contributed by atoms with E-state index >= 15 is 0 Å². The lowest BCUT2D eigenvalue weighted by Crippen LogP contribution is -1.95. The van der Waals surface area contributed by atoms with Crippen molar-refractivity contribution in [2.75, 3.05) is 0 Å². The number of hydrogen-bond donors (Lipinski definition) is 0. The van der Waals surface area contributed by atoms with Crippen LogP contribution in [-0.4, -0.2) is 10.1 Å². The van der Waals surface area contributed by atoms with E-state index in [0.717, 1.165) is 22.4 Å². The third kappa shape index (κ3) is 3.76. The zero-order valence-corrected chi connectivity index (χ0v) is 14.6. The molecular weight excluding hydrogens is 348 g/mol. The number of benzene rings is 3. The van der Waals surface area contributed by atoms with Gasteiger partial charge in [-0.3, -0.25) is 0 Å². The highest BCUT2D eigenvalue weighted by atomic mass is 35.5. The fourth-order valence-electron chi connectivity index (χ4n) is 2.52. The van der Waals surface area contributed by atoms with Crippen molar-refractivity contribution in [2.45, 2.75) is 6.61 Å². The maximum atomic E-state index is 5.91. The van der Waals surface area contributed by atoms with E-state index in [9.17, 15) is 0 Å². The lowest BCUT2D eigenvalue weighted by molar-refractivity contribution is 0.306. The van der Waals surface area contributed by atoms with E-state index in [2.05, 4.69) is 10.1 Å². The summed E-state index contributed by atoms with van der Waals surface area (Å²) in [6.45, 7) is 0.504. The lowest BCUT2D eigenvalue weighted by atomic mass is 10.2. The fourth-order valence-corrected chi connectivity index (χ4v) is 2.64. The van der Waals surface area contributed by atoms with Gasteiger partial charge in [-0.05, 0) is 48.0 Å². The minimum atomic E-state index is 0.445. The van der Waals surface area contributed by atoms with Crippen LogP contribution >= 0.6 is 11.6 Å². The number of rotatable bonds is 5. The Morgan fingerprint density at radius 2 is 1.65 bits per heavy atom. The molecule has 26 heavy (non-hydrogen) atoms. The molecule has 3 aromatic carbocycles. The van der Waals surface area contributed by atoms with Crippen molar-refractivity contribution in [2.24, 2.45) is 0 Å². The Morgan fingerprint density at radius 1 is 0.846 bits per heavy atom. The molecule has 0 atom stereocenters. The van der Waals surface area contributed by atoms with Crippen LogP contribution in [0.5, 0.6) is 5.75 Å². The standard InChI is InChI=1S/C21H15ClN2O2/c22-18-11-9-16(10-12-18)20-23-21(26-24-20)17-7-4-8-19(13-17)25-14-15-5-2-1-3-6-15/h1-13H,14H2. The highest BCUT2D eigenvalue weighted by Crippen LogP contribution is 2.26. The summed E-state index contributed by atoms with van der Waals surface area (Å²) >= 11 is 5.91. The molecule has 4 rings (SSSR count). The molecule has 4 nitrogen and oxygen atoms in total. The largest absolute Gasteiger partial charge is 0.489 e. The number of halogens is 1. The van der Waals surface area contributed by atoms with Gasteiger partial charge in [0.1, 0.15) is 12.4 Å². The topological polar surface area (TPSA) is 48.2 Å². The molecule has 1 heterocycles. The predicted octanol–water partition coefficient (Wildman–Crippen LogP) is 5.64. The van der Waals surface area contributed by atoms with Crippen LogP contribution in [0.25, 0.3) is 22.8 Å². The second-order valence-corrected chi connectivity index (χ2v) is 6.17. The van der Waals surface area contributed by atoms with E-state index in [-0.39, 0.29) is 0 Å². The van der Waals surface area contributed by atoms with E-state index in [4.69, 9.17) is 20.9 Å². The van der Waals surface area contributed by atoms with Gasteiger partial charge in [-0.1, -0.05) is 53.2 Å². The van der Waals surface area contributed by atoms with Crippen molar-refractivity contribution >= 4 is 11.6 Å². The molecule has 0 N–H and O–H groups in total. The predicted molar refractivity (Wildman–Crippen MR) is 101 cm³/mol. The van der Waals surface area contributed by atoms with Crippen molar-refractivity contribution in [1.29, 1.82) is 0 Å². The van der Waals surface area contributed by atoms with Gasteiger partial charge in [0, 0.05) is 16.1 Å². The van der Waals surface area contributed by atoms with E-state index < -0.39 is 0 Å². The molecular formula is C21H15ClN2O2. The third-order valence-corrected chi connectivity index (χ3v) is 4.11. The fraction of sp³-hybridized carbons (Fsp3) is 0.0476. The Labute approximate surface area is 156 Å². The Morgan fingerprint density at radius 3 is 2.46 bits per heavy atom. The molecule has 0 fully saturated rings. The molecule has 1 aromatic heterocycles. The Kier molecular flexibility index (Phi) is 4.67. The third-order valence-electron chi connectivity index (χ3n) is 3.86. The molecule has 0 aliphatic heterocycles. The van der Waals surface area contributed by atoms with Crippen LogP contribution < -0.4 is 4.74 Å². The van der Waals surface area contributed by atoms with Crippen molar-refractivity contribution in [1.82, 2.24) is 10.1 Å². The van der Waals surface area contributed by atoms with Gasteiger partial charge in [-0.2, -0.15) is 4.98 Å². The van der Waals surface area contributed by atoms with Crippen molar-refractivity contribution in [3.63, 3.8) is 0 Å². The molecule has 0 bridgehead atoms. The first-order chi connectivity index (χ1) is 12.8. The first-order valence-corrected chi connectivity index (χ1v) is 8.52. The Balaban J connectivity index is 1.52. The second kappa shape index (κ2) is 7.42. The van der Waals surface area contributed by atoms with Crippen molar-refractivity contribution < 1.29 is 9.26 Å². The molecule has 128 valence electrons. The lowest BCUT2D eigenvalue weighted by Gasteiger charge is -2.06.